The average molecular weight is 300 g/mol. The first-order valence-electron chi connectivity index (χ1n) is 7.82. The summed E-state index contributed by atoms with van der Waals surface area (Å²) in [7, 11) is 0. The summed E-state index contributed by atoms with van der Waals surface area (Å²) in [6.45, 7) is 3.89. The number of carbonyl (C=O) groups is 3. The van der Waals surface area contributed by atoms with E-state index in [0.717, 1.165) is 31.5 Å². The van der Waals surface area contributed by atoms with Crippen molar-refractivity contribution in [1.82, 2.24) is 9.80 Å². The van der Waals surface area contributed by atoms with Crippen LogP contribution in [0.1, 0.15) is 52.0 Å². The normalized spacial score (nSPS) is 17.3. The van der Waals surface area contributed by atoms with Crippen molar-refractivity contribution < 1.29 is 14.4 Å². The van der Waals surface area contributed by atoms with E-state index in [4.69, 9.17) is 0 Å². The lowest BCUT2D eigenvalue weighted by atomic mass is 10.1. The third-order valence-corrected chi connectivity index (χ3v) is 4.36. The number of imide groups is 1. The standard InChI is InChI=1S/C17H20N2O3/c1-12-6-7-13-14(11-12)17(22)19(16(13)21)10-4-5-15(20)18-8-2-3-9-18/h6-7,11H,2-5,8-10H2,1H3. The SMILES string of the molecule is Cc1ccc2c(c1)C(=O)N(CCCC(=O)N1CCCC1)C2=O. The molecule has 0 radical (unpaired) electrons. The number of rotatable bonds is 4. The molecule has 116 valence electrons. The van der Waals surface area contributed by atoms with Gasteiger partial charge in [0.25, 0.3) is 11.8 Å². The van der Waals surface area contributed by atoms with Crippen LogP contribution >= 0.6 is 0 Å². The van der Waals surface area contributed by atoms with E-state index in [9.17, 15) is 14.4 Å². The predicted octanol–water partition coefficient (Wildman–Crippen LogP) is 1.99. The van der Waals surface area contributed by atoms with E-state index >= 15 is 0 Å². The van der Waals surface area contributed by atoms with E-state index in [1.165, 1.54) is 4.90 Å². The van der Waals surface area contributed by atoms with Gasteiger partial charge in [-0.05, 0) is 38.3 Å². The fourth-order valence-electron chi connectivity index (χ4n) is 3.12. The lowest BCUT2D eigenvalue weighted by molar-refractivity contribution is -0.130. The number of likely N-dealkylation sites (tertiary alicyclic amines) is 1. The van der Waals surface area contributed by atoms with E-state index in [1.54, 1.807) is 12.1 Å². The average Bonchev–Trinajstić information content (AvgIpc) is 3.10. The molecule has 3 rings (SSSR count). The maximum absolute atomic E-state index is 12.3. The number of hydrogen-bond acceptors (Lipinski definition) is 3. The maximum atomic E-state index is 12.3. The van der Waals surface area contributed by atoms with Crippen LogP contribution in [0.4, 0.5) is 0 Å². The van der Waals surface area contributed by atoms with Gasteiger partial charge in [-0.25, -0.2) is 0 Å². The molecule has 5 nitrogen and oxygen atoms in total. The molecule has 0 N–H and O–H groups in total. The van der Waals surface area contributed by atoms with Crippen LogP contribution in [0.15, 0.2) is 18.2 Å². The molecule has 2 heterocycles. The van der Waals surface area contributed by atoms with Crippen LogP contribution < -0.4 is 0 Å². The fraction of sp³-hybridized carbons (Fsp3) is 0.471. The fourth-order valence-corrected chi connectivity index (χ4v) is 3.12. The van der Waals surface area contributed by atoms with Crippen molar-refractivity contribution in [3.05, 3.63) is 34.9 Å². The van der Waals surface area contributed by atoms with Crippen molar-refractivity contribution in [2.75, 3.05) is 19.6 Å². The highest BCUT2D eigenvalue weighted by Crippen LogP contribution is 2.24. The highest BCUT2D eigenvalue weighted by molar-refractivity contribution is 6.21. The molecular formula is C17H20N2O3. The lowest BCUT2D eigenvalue weighted by Crippen LogP contribution is -2.32. The number of aryl methyl sites for hydroxylation is 1. The summed E-state index contributed by atoms with van der Waals surface area (Å²) < 4.78 is 0. The molecule has 1 aromatic carbocycles. The van der Waals surface area contributed by atoms with Crippen molar-refractivity contribution in [2.45, 2.75) is 32.6 Å². The summed E-state index contributed by atoms with van der Waals surface area (Å²) in [6, 6.07) is 5.30. The Labute approximate surface area is 129 Å². The zero-order valence-electron chi connectivity index (χ0n) is 12.8. The zero-order valence-corrected chi connectivity index (χ0v) is 12.8. The van der Waals surface area contributed by atoms with Crippen LogP contribution in [0.3, 0.4) is 0 Å². The van der Waals surface area contributed by atoms with Crippen molar-refractivity contribution in [3.8, 4) is 0 Å². The smallest absolute Gasteiger partial charge is 0.261 e. The summed E-state index contributed by atoms with van der Waals surface area (Å²) >= 11 is 0. The van der Waals surface area contributed by atoms with E-state index in [-0.39, 0.29) is 17.7 Å². The molecular weight excluding hydrogens is 280 g/mol. The summed E-state index contributed by atoms with van der Waals surface area (Å²) in [5.41, 5.74) is 1.92. The Hall–Kier alpha value is -2.17. The number of hydrogen-bond donors (Lipinski definition) is 0. The highest BCUT2D eigenvalue weighted by atomic mass is 16.2. The number of nitrogens with zero attached hydrogens (tertiary/aromatic N) is 2. The topological polar surface area (TPSA) is 57.7 Å². The van der Waals surface area contributed by atoms with Crippen molar-refractivity contribution in [2.24, 2.45) is 0 Å². The molecule has 1 saturated heterocycles. The van der Waals surface area contributed by atoms with Gasteiger partial charge >= 0.3 is 0 Å². The largest absolute Gasteiger partial charge is 0.343 e. The van der Waals surface area contributed by atoms with Gasteiger partial charge in [-0.15, -0.1) is 0 Å². The van der Waals surface area contributed by atoms with Crippen molar-refractivity contribution >= 4 is 17.7 Å². The highest BCUT2D eigenvalue weighted by Gasteiger charge is 2.35. The summed E-state index contributed by atoms with van der Waals surface area (Å²) in [5, 5.41) is 0. The Morgan fingerprint density at radius 3 is 2.50 bits per heavy atom. The molecule has 0 spiro atoms. The quantitative estimate of drug-likeness (QED) is 0.799. The second-order valence-corrected chi connectivity index (χ2v) is 6.00. The monoisotopic (exact) mass is 300 g/mol. The van der Waals surface area contributed by atoms with Gasteiger partial charge in [0.05, 0.1) is 11.1 Å². The summed E-state index contributed by atoms with van der Waals surface area (Å²) in [4.78, 5) is 39.7. The summed E-state index contributed by atoms with van der Waals surface area (Å²) in [6.07, 6.45) is 3.07. The number of benzene rings is 1. The number of fused-ring (bicyclic) bond motifs is 1. The first-order chi connectivity index (χ1) is 10.6. The van der Waals surface area contributed by atoms with E-state index in [2.05, 4.69) is 0 Å². The third-order valence-electron chi connectivity index (χ3n) is 4.36. The molecule has 2 aliphatic rings. The first-order valence-corrected chi connectivity index (χ1v) is 7.82. The second-order valence-electron chi connectivity index (χ2n) is 6.00. The molecule has 0 unspecified atom stereocenters. The number of carbonyl (C=O) groups excluding carboxylic acids is 3. The van der Waals surface area contributed by atoms with Crippen LogP contribution in [0.5, 0.6) is 0 Å². The van der Waals surface area contributed by atoms with Crippen LogP contribution in [-0.4, -0.2) is 47.2 Å². The Morgan fingerprint density at radius 1 is 1.09 bits per heavy atom. The van der Waals surface area contributed by atoms with Gasteiger partial charge in [0.1, 0.15) is 0 Å². The first kappa shape index (κ1) is 14.8. The molecule has 0 bridgehead atoms. The predicted molar refractivity (Wildman–Crippen MR) is 81.6 cm³/mol. The molecule has 5 heteroatoms. The second kappa shape index (κ2) is 5.91. The number of amides is 3. The van der Waals surface area contributed by atoms with E-state index < -0.39 is 0 Å². The minimum atomic E-state index is -0.242. The molecule has 1 aromatic rings. The zero-order chi connectivity index (χ0) is 15.7. The molecule has 0 atom stereocenters. The minimum Gasteiger partial charge on any atom is -0.343 e. The molecule has 0 saturated carbocycles. The van der Waals surface area contributed by atoms with Gasteiger partial charge in [-0.3, -0.25) is 19.3 Å². The van der Waals surface area contributed by atoms with Crippen LogP contribution in [0.25, 0.3) is 0 Å². The van der Waals surface area contributed by atoms with Gasteiger partial charge in [0.15, 0.2) is 0 Å². The summed E-state index contributed by atoms with van der Waals surface area (Å²) in [5.74, 6) is -0.351. The lowest BCUT2D eigenvalue weighted by Gasteiger charge is -2.17. The Bertz CT molecular complexity index is 633. The van der Waals surface area contributed by atoms with Crippen molar-refractivity contribution in [1.29, 1.82) is 0 Å². The van der Waals surface area contributed by atoms with Gasteiger partial charge in [0, 0.05) is 26.1 Å². The minimum absolute atomic E-state index is 0.130. The maximum Gasteiger partial charge on any atom is 0.261 e. The molecule has 0 aliphatic carbocycles. The van der Waals surface area contributed by atoms with Gasteiger partial charge in [-0.1, -0.05) is 11.6 Å². The van der Waals surface area contributed by atoms with Crippen LogP contribution in [-0.2, 0) is 4.79 Å². The molecule has 0 aromatic heterocycles. The van der Waals surface area contributed by atoms with Gasteiger partial charge in [0.2, 0.25) is 5.91 Å². The molecule has 1 fully saturated rings. The Kier molecular flexibility index (Phi) is 3.96. The van der Waals surface area contributed by atoms with Crippen LogP contribution in [0.2, 0.25) is 0 Å². The molecule has 3 amide bonds. The van der Waals surface area contributed by atoms with E-state index in [0.29, 0.717) is 30.5 Å². The molecule has 22 heavy (non-hydrogen) atoms. The van der Waals surface area contributed by atoms with Gasteiger partial charge < -0.3 is 4.90 Å². The van der Waals surface area contributed by atoms with E-state index in [1.807, 2.05) is 17.9 Å². The van der Waals surface area contributed by atoms with Crippen molar-refractivity contribution in [3.63, 3.8) is 0 Å². The van der Waals surface area contributed by atoms with Gasteiger partial charge in [-0.2, -0.15) is 0 Å². The molecule has 2 aliphatic heterocycles. The third kappa shape index (κ3) is 2.63. The Balaban J connectivity index is 1.59. The Morgan fingerprint density at radius 2 is 1.77 bits per heavy atom. The van der Waals surface area contributed by atoms with Crippen LogP contribution in [0, 0.1) is 6.92 Å².